The molecule has 2 rings (SSSR count). The van der Waals surface area contributed by atoms with E-state index in [1.165, 1.54) is 11.3 Å². The molecule has 0 atom stereocenters. The zero-order valence-electron chi connectivity index (χ0n) is 10.1. The first-order valence-electron chi connectivity index (χ1n) is 5.72. The molecule has 1 aliphatic rings. The van der Waals surface area contributed by atoms with Crippen LogP contribution in [-0.4, -0.2) is 18.5 Å². The van der Waals surface area contributed by atoms with Crippen LogP contribution in [-0.2, 0) is 4.74 Å². The first-order chi connectivity index (χ1) is 7.56. The van der Waals surface area contributed by atoms with Gasteiger partial charge in [0.15, 0.2) is 5.78 Å². The lowest BCUT2D eigenvalue weighted by Crippen LogP contribution is -2.41. The van der Waals surface area contributed by atoms with Crippen molar-refractivity contribution >= 4 is 17.1 Å². The zero-order chi connectivity index (χ0) is 11.8. The number of carbonyl (C=O) groups is 1. The number of ether oxygens (including phenoxy) is 1. The quantitative estimate of drug-likeness (QED) is 0.750. The summed E-state index contributed by atoms with van der Waals surface area (Å²) >= 11 is 1.70. The molecule has 0 radical (unpaired) electrons. The van der Waals surface area contributed by atoms with E-state index in [9.17, 15) is 4.79 Å². The summed E-state index contributed by atoms with van der Waals surface area (Å²) in [6.45, 7) is 4.06. The number of hydrogen-bond donors (Lipinski definition) is 0. The molecular formula is C13H18O2S. The molecule has 0 N–H and O–H groups in total. The second-order valence-corrected chi connectivity index (χ2v) is 6.13. The minimum atomic E-state index is -0.153. The molecule has 1 aliphatic carbocycles. The SMILES string of the molecule is COC1(CC(=O)c2cc(C)sc2C)CCC1. The van der Waals surface area contributed by atoms with Crippen molar-refractivity contribution < 1.29 is 9.53 Å². The summed E-state index contributed by atoms with van der Waals surface area (Å²) < 4.78 is 5.50. The van der Waals surface area contributed by atoms with Gasteiger partial charge in [0.05, 0.1) is 5.60 Å². The van der Waals surface area contributed by atoms with Crippen molar-refractivity contribution in [2.45, 2.75) is 45.1 Å². The Morgan fingerprint density at radius 2 is 2.19 bits per heavy atom. The van der Waals surface area contributed by atoms with Crippen LogP contribution in [0.3, 0.4) is 0 Å². The average molecular weight is 238 g/mol. The molecule has 88 valence electrons. The molecule has 1 saturated carbocycles. The topological polar surface area (TPSA) is 26.3 Å². The van der Waals surface area contributed by atoms with Gasteiger partial charge in [-0.05, 0) is 39.2 Å². The van der Waals surface area contributed by atoms with Gasteiger partial charge in [0.1, 0.15) is 0 Å². The van der Waals surface area contributed by atoms with Gasteiger partial charge < -0.3 is 4.74 Å². The molecule has 0 amide bonds. The van der Waals surface area contributed by atoms with Crippen LogP contribution in [0.25, 0.3) is 0 Å². The Balaban J connectivity index is 2.11. The molecule has 1 fully saturated rings. The lowest BCUT2D eigenvalue weighted by Gasteiger charge is -2.40. The third-order valence-corrected chi connectivity index (χ3v) is 4.49. The van der Waals surface area contributed by atoms with E-state index in [2.05, 4.69) is 0 Å². The van der Waals surface area contributed by atoms with Crippen LogP contribution in [0.2, 0.25) is 0 Å². The number of rotatable bonds is 4. The largest absolute Gasteiger partial charge is 0.378 e. The van der Waals surface area contributed by atoms with Crippen molar-refractivity contribution in [1.29, 1.82) is 0 Å². The Morgan fingerprint density at radius 3 is 2.56 bits per heavy atom. The number of carbonyl (C=O) groups excluding carboxylic acids is 1. The number of methoxy groups -OCH3 is 1. The van der Waals surface area contributed by atoms with Crippen molar-refractivity contribution in [2.24, 2.45) is 0 Å². The van der Waals surface area contributed by atoms with E-state index in [0.29, 0.717) is 6.42 Å². The molecular weight excluding hydrogens is 220 g/mol. The molecule has 0 aromatic carbocycles. The molecule has 0 unspecified atom stereocenters. The zero-order valence-corrected chi connectivity index (χ0v) is 10.9. The highest BCUT2D eigenvalue weighted by Gasteiger charge is 2.39. The van der Waals surface area contributed by atoms with Crippen LogP contribution >= 0.6 is 11.3 Å². The van der Waals surface area contributed by atoms with E-state index in [-0.39, 0.29) is 11.4 Å². The molecule has 3 heteroatoms. The standard InChI is InChI=1S/C13H18O2S/c1-9-7-11(10(2)16-9)12(14)8-13(15-3)5-4-6-13/h7H,4-6,8H2,1-3H3. The summed E-state index contributed by atoms with van der Waals surface area (Å²) in [5.41, 5.74) is 0.741. The maximum atomic E-state index is 12.2. The van der Waals surface area contributed by atoms with E-state index < -0.39 is 0 Å². The summed E-state index contributed by atoms with van der Waals surface area (Å²) in [6, 6.07) is 2.00. The lowest BCUT2D eigenvalue weighted by molar-refractivity contribution is -0.0704. The highest BCUT2D eigenvalue weighted by atomic mass is 32.1. The van der Waals surface area contributed by atoms with E-state index in [1.807, 2.05) is 19.9 Å². The van der Waals surface area contributed by atoms with Crippen LogP contribution in [0.15, 0.2) is 6.07 Å². The number of Topliss-reactive ketones (excluding diaryl/α,β-unsaturated/α-hetero) is 1. The smallest absolute Gasteiger partial charge is 0.166 e. The Bertz CT molecular complexity index is 397. The Labute approximate surface area is 101 Å². The van der Waals surface area contributed by atoms with Gasteiger partial charge in [0, 0.05) is 28.8 Å². The third kappa shape index (κ3) is 2.06. The fourth-order valence-corrected chi connectivity index (χ4v) is 3.26. The monoisotopic (exact) mass is 238 g/mol. The summed E-state index contributed by atoms with van der Waals surface area (Å²) in [5, 5.41) is 0. The maximum absolute atomic E-state index is 12.2. The van der Waals surface area contributed by atoms with Crippen molar-refractivity contribution in [3.63, 3.8) is 0 Å². The maximum Gasteiger partial charge on any atom is 0.166 e. The van der Waals surface area contributed by atoms with Gasteiger partial charge >= 0.3 is 0 Å². The number of hydrogen-bond acceptors (Lipinski definition) is 3. The number of ketones is 1. The molecule has 16 heavy (non-hydrogen) atoms. The Hall–Kier alpha value is -0.670. The fourth-order valence-electron chi connectivity index (χ4n) is 2.32. The normalized spacial score (nSPS) is 18.2. The first kappa shape index (κ1) is 11.8. The summed E-state index contributed by atoms with van der Waals surface area (Å²) in [5.74, 6) is 0.239. The van der Waals surface area contributed by atoms with E-state index in [0.717, 1.165) is 23.3 Å². The van der Waals surface area contributed by atoms with Gasteiger partial charge in [-0.3, -0.25) is 4.79 Å². The average Bonchev–Trinajstić information content (AvgIpc) is 2.51. The minimum absolute atomic E-state index is 0.153. The predicted molar refractivity (Wildman–Crippen MR) is 66.3 cm³/mol. The predicted octanol–water partition coefficient (Wildman–Crippen LogP) is 3.51. The van der Waals surface area contributed by atoms with Crippen molar-refractivity contribution in [1.82, 2.24) is 0 Å². The summed E-state index contributed by atoms with van der Waals surface area (Å²) in [6.07, 6.45) is 3.78. The highest BCUT2D eigenvalue weighted by Crippen LogP contribution is 2.39. The Kier molecular flexibility index (Phi) is 3.17. The summed E-state index contributed by atoms with van der Waals surface area (Å²) in [4.78, 5) is 14.5. The van der Waals surface area contributed by atoms with Crippen LogP contribution in [0.4, 0.5) is 0 Å². The van der Waals surface area contributed by atoms with E-state index >= 15 is 0 Å². The summed E-state index contributed by atoms with van der Waals surface area (Å²) in [7, 11) is 1.72. The number of thiophene rings is 1. The van der Waals surface area contributed by atoms with Crippen molar-refractivity contribution in [2.75, 3.05) is 7.11 Å². The molecule has 1 aromatic rings. The molecule has 2 nitrogen and oxygen atoms in total. The van der Waals surface area contributed by atoms with E-state index in [1.54, 1.807) is 18.4 Å². The van der Waals surface area contributed by atoms with Crippen LogP contribution in [0.1, 0.15) is 45.8 Å². The third-order valence-electron chi connectivity index (χ3n) is 3.52. The molecule has 0 saturated heterocycles. The van der Waals surface area contributed by atoms with Crippen LogP contribution in [0, 0.1) is 13.8 Å². The first-order valence-corrected chi connectivity index (χ1v) is 6.53. The van der Waals surface area contributed by atoms with Gasteiger partial charge in [0.2, 0.25) is 0 Å². The van der Waals surface area contributed by atoms with Gasteiger partial charge in [0.25, 0.3) is 0 Å². The molecule has 0 bridgehead atoms. The van der Waals surface area contributed by atoms with Crippen molar-refractivity contribution in [3.8, 4) is 0 Å². The fraction of sp³-hybridized carbons (Fsp3) is 0.615. The highest BCUT2D eigenvalue weighted by molar-refractivity contribution is 7.12. The van der Waals surface area contributed by atoms with Crippen LogP contribution in [0.5, 0.6) is 0 Å². The minimum Gasteiger partial charge on any atom is -0.378 e. The van der Waals surface area contributed by atoms with Crippen LogP contribution < -0.4 is 0 Å². The number of aryl methyl sites for hydroxylation is 2. The van der Waals surface area contributed by atoms with Gasteiger partial charge in [-0.15, -0.1) is 11.3 Å². The molecule has 1 heterocycles. The second-order valence-electron chi connectivity index (χ2n) is 4.67. The van der Waals surface area contributed by atoms with Gasteiger partial charge in [-0.1, -0.05) is 0 Å². The molecule has 0 spiro atoms. The molecule has 0 aliphatic heterocycles. The van der Waals surface area contributed by atoms with Crippen molar-refractivity contribution in [3.05, 3.63) is 21.4 Å². The lowest BCUT2D eigenvalue weighted by atomic mass is 9.76. The Morgan fingerprint density at radius 1 is 1.50 bits per heavy atom. The van der Waals surface area contributed by atoms with Gasteiger partial charge in [-0.2, -0.15) is 0 Å². The molecule has 1 aromatic heterocycles. The van der Waals surface area contributed by atoms with E-state index in [4.69, 9.17) is 4.74 Å². The van der Waals surface area contributed by atoms with Gasteiger partial charge in [-0.25, -0.2) is 0 Å². The second kappa shape index (κ2) is 4.30.